The highest BCUT2D eigenvalue weighted by Gasteiger charge is 2.13. The maximum absolute atomic E-state index is 12.2. The van der Waals surface area contributed by atoms with E-state index in [0.717, 1.165) is 22.1 Å². The summed E-state index contributed by atoms with van der Waals surface area (Å²) in [5.41, 5.74) is 0.711. The number of hydrogen-bond acceptors (Lipinski definition) is 3. The Morgan fingerprint density at radius 1 is 0.905 bits per heavy atom. The third-order valence-electron chi connectivity index (χ3n) is 3.08. The summed E-state index contributed by atoms with van der Waals surface area (Å²) in [6.45, 7) is 0. The highest BCUT2D eigenvalue weighted by molar-refractivity contribution is 7.16. The third-order valence-corrected chi connectivity index (χ3v) is 4.15. The summed E-state index contributed by atoms with van der Waals surface area (Å²) in [5, 5.41) is 13.7. The van der Waals surface area contributed by atoms with Crippen LogP contribution in [-0.2, 0) is 0 Å². The number of amides is 1. The SMILES string of the molecule is O=C(O)c1ccc(C(=O)Nc2cccc3ccccc23)s1. The molecule has 3 rings (SSSR count). The van der Waals surface area contributed by atoms with Crippen LogP contribution in [0.5, 0.6) is 0 Å². The van der Waals surface area contributed by atoms with Crippen molar-refractivity contribution in [2.75, 3.05) is 5.32 Å². The topological polar surface area (TPSA) is 66.4 Å². The molecule has 0 fully saturated rings. The van der Waals surface area contributed by atoms with Crippen molar-refractivity contribution in [3.63, 3.8) is 0 Å². The lowest BCUT2D eigenvalue weighted by Crippen LogP contribution is -2.10. The molecular weight excluding hydrogens is 286 g/mol. The fourth-order valence-electron chi connectivity index (χ4n) is 2.09. The molecule has 0 saturated heterocycles. The lowest BCUT2D eigenvalue weighted by molar-refractivity contribution is 0.0702. The summed E-state index contributed by atoms with van der Waals surface area (Å²) in [7, 11) is 0. The smallest absolute Gasteiger partial charge is 0.345 e. The van der Waals surface area contributed by atoms with Crippen molar-refractivity contribution < 1.29 is 14.7 Å². The van der Waals surface area contributed by atoms with Crippen molar-refractivity contribution in [2.24, 2.45) is 0 Å². The van der Waals surface area contributed by atoms with Crippen LogP contribution in [0, 0.1) is 0 Å². The molecule has 0 aliphatic carbocycles. The number of carbonyl (C=O) groups excluding carboxylic acids is 1. The van der Waals surface area contributed by atoms with Gasteiger partial charge in [0, 0.05) is 11.1 Å². The molecule has 0 unspecified atom stereocenters. The maximum atomic E-state index is 12.2. The fourth-order valence-corrected chi connectivity index (χ4v) is 2.83. The Bertz CT molecular complexity index is 833. The van der Waals surface area contributed by atoms with E-state index in [1.807, 2.05) is 42.5 Å². The van der Waals surface area contributed by atoms with Crippen molar-refractivity contribution in [1.82, 2.24) is 0 Å². The number of aromatic carboxylic acids is 1. The molecule has 0 radical (unpaired) electrons. The first kappa shape index (κ1) is 13.3. The van der Waals surface area contributed by atoms with Gasteiger partial charge in [-0.25, -0.2) is 4.79 Å². The minimum atomic E-state index is -1.02. The molecule has 1 aromatic heterocycles. The molecule has 0 aliphatic heterocycles. The van der Waals surface area contributed by atoms with Crippen LogP contribution in [0.25, 0.3) is 10.8 Å². The first-order valence-corrected chi connectivity index (χ1v) is 7.09. The van der Waals surface area contributed by atoms with E-state index >= 15 is 0 Å². The number of carboxylic acid groups (broad SMARTS) is 1. The zero-order valence-electron chi connectivity index (χ0n) is 10.9. The van der Waals surface area contributed by atoms with Crippen molar-refractivity contribution in [1.29, 1.82) is 0 Å². The van der Waals surface area contributed by atoms with Gasteiger partial charge in [-0.2, -0.15) is 0 Å². The number of nitrogens with one attached hydrogen (secondary N) is 1. The summed E-state index contributed by atoms with van der Waals surface area (Å²) in [6.07, 6.45) is 0. The Hall–Kier alpha value is -2.66. The van der Waals surface area contributed by atoms with Crippen molar-refractivity contribution >= 4 is 39.7 Å². The molecule has 2 N–H and O–H groups in total. The molecule has 0 saturated carbocycles. The second-order valence-corrected chi connectivity index (χ2v) is 5.53. The average Bonchev–Trinajstić information content (AvgIpc) is 2.98. The van der Waals surface area contributed by atoms with Gasteiger partial charge in [-0.1, -0.05) is 36.4 Å². The number of hydrogen-bond donors (Lipinski definition) is 2. The summed E-state index contributed by atoms with van der Waals surface area (Å²) in [6, 6.07) is 16.4. The Morgan fingerprint density at radius 2 is 1.62 bits per heavy atom. The number of benzene rings is 2. The average molecular weight is 297 g/mol. The molecule has 0 spiro atoms. The van der Waals surface area contributed by atoms with Gasteiger partial charge in [-0.15, -0.1) is 11.3 Å². The quantitative estimate of drug-likeness (QED) is 0.771. The Balaban J connectivity index is 1.91. The number of thiophene rings is 1. The Morgan fingerprint density at radius 3 is 2.38 bits per heavy atom. The number of fused-ring (bicyclic) bond motifs is 1. The van der Waals surface area contributed by atoms with Crippen molar-refractivity contribution in [2.45, 2.75) is 0 Å². The van der Waals surface area contributed by atoms with Crippen LogP contribution in [0.4, 0.5) is 5.69 Å². The molecule has 0 aliphatic rings. The van der Waals surface area contributed by atoms with Gasteiger partial charge in [0.05, 0.1) is 4.88 Å². The first-order valence-electron chi connectivity index (χ1n) is 6.27. The highest BCUT2D eigenvalue weighted by atomic mass is 32.1. The molecule has 3 aromatic rings. The summed E-state index contributed by atoms with van der Waals surface area (Å²) in [5.74, 6) is -1.33. The highest BCUT2D eigenvalue weighted by Crippen LogP contribution is 2.24. The molecule has 0 atom stereocenters. The van der Waals surface area contributed by atoms with Gasteiger partial charge < -0.3 is 10.4 Å². The second-order valence-electron chi connectivity index (χ2n) is 4.45. The summed E-state index contributed by atoms with van der Waals surface area (Å²) in [4.78, 5) is 23.6. The molecular formula is C16H11NO3S. The summed E-state index contributed by atoms with van der Waals surface area (Å²) < 4.78 is 0. The molecule has 1 heterocycles. The number of carbonyl (C=O) groups is 2. The van der Waals surface area contributed by atoms with Crippen LogP contribution < -0.4 is 5.32 Å². The first-order chi connectivity index (χ1) is 10.1. The van der Waals surface area contributed by atoms with Crippen LogP contribution in [0.2, 0.25) is 0 Å². The number of rotatable bonds is 3. The standard InChI is InChI=1S/C16H11NO3S/c18-15(13-8-9-14(21-13)16(19)20)17-12-7-3-5-10-4-1-2-6-11(10)12/h1-9H,(H,17,18)(H,19,20). The van der Waals surface area contributed by atoms with E-state index in [9.17, 15) is 9.59 Å². The molecule has 4 nitrogen and oxygen atoms in total. The van der Waals surface area contributed by atoms with Crippen molar-refractivity contribution in [3.8, 4) is 0 Å². The number of anilines is 1. The van der Waals surface area contributed by atoms with Gasteiger partial charge in [0.1, 0.15) is 4.88 Å². The second kappa shape index (κ2) is 5.38. The van der Waals surface area contributed by atoms with Gasteiger partial charge in [0.25, 0.3) is 5.91 Å². The molecule has 0 bridgehead atoms. The fraction of sp³-hybridized carbons (Fsp3) is 0. The molecule has 104 valence electrons. The predicted octanol–water partition coefficient (Wildman–Crippen LogP) is 3.85. The number of carboxylic acids is 1. The van der Waals surface area contributed by atoms with Gasteiger partial charge in [-0.05, 0) is 23.6 Å². The van der Waals surface area contributed by atoms with E-state index in [1.165, 1.54) is 12.1 Å². The van der Waals surface area contributed by atoms with Crippen LogP contribution in [-0.4, -0.2) is 17.0 Å². The van der Waals surface area contributed by atoms with Gasteiger partial charge in [0.15, 0.2) is 0 Å². The minimum absolute atomic E-state index is 0.151. The van der Waals surface area contributed by atoms with E-state index in [2.05, 4.69) is 5.32 Å². The lowest BCUT2D eigenvalue weighted by atomic mass is 10.1. The predicted molar refractivity (Wildman–Crippen MR) is 83.2 cm³/mol. The van der Waals surface area contributed by atoms with Gasteiger partial charge in [-0.3, -0.25) is 4.79 Å². The molecule has 5 heteroatoms. The van der Waals surface area contributed by atoms with Gasteiger partial charge >= 0.3 is 5.97 Å². The lowest BCUT2D eigenvalue weighted by Gasteiger charge is -2.07. The van der Waals surface area contributed by atoms with E-state index in [4.69, 9.17) is 5.11 Å². The van der Waals surface area contributed by atoms with Crippen LogP contribution in [0.1, 0.15) is 19.3 Å². The maximum Gasteiger partial charge on any atom is 0.345 e. The Labute approximate surface area is 124 Å². The van der Waals surface area contributed by atoms with Crippen LogP contribution >= 0.6 is 11.3 Å². The van der Waals surface area contributed by atoms with Gasteiger partial charge in [0.2, 0.25) is 0 Å². The van der Waals surface area contributed by atoms with E-state index in [0.29, 0.717) is 10.6 Å². The largest absolute Gasteiger partial charge is 0.477 e. The normalized spacial score (nSPS) is 10.5. The molecule has 2 aromatic carbocycles. The van der Waals surface area contributed by atoms with Crippen LogP contribution in [0.15, 0.2) is 54.6 Å². The monoisotopic (exact) mass is 297 g/mol. The van der Waals surface area contributed by atoms with Crippen LogP contribution in [0.3, 0.4) is 0 Å². The third kappa shape index (κ3) is 2.64. The van der Waals surface area contributed by atoms with E-state index in [1.54, 1.807) is 0 Å². The molecule has 1 amide bonds. The zero-order chi connectivity index (χ0) is 14.8. The van der Waals surface area contributed by atoms with Crippen molar-refractivity contribution in [3.05, 3.63) is 64.4 Å². The zero-order valence-corrected chi connectivity index (χ0v) is 11.7. The Kier molecular flexibility index (Phi) is 3.41. The van der Waals surface area contributed by atoms with E-state index < -0.39 is 5.97 Å². The summed E-state index contributed by atoms with van der Waals surface area (Å²) >= 11 is 0.962. The minimum Gasteiger partial charge on any atom is -0.477 e. The van der Waals surface area contributed by atoms with E-state index in [-0.39, 0.29) is 10.8 Å². The molecule has 21 heavy (non-hydrogen) atoms.